The van der Waals surface area contributed by atoms with E-state index in [-0.39, 0.29) is 12.0 Å². The number of amides is 1. The molecule has 1 saturated heterocycles. The van der Waals surface area contributed by atoms with Crippen LogP contribution in [0.25, 0.3) is 10.9 Å². The second kappa shape index (κ2) is 8.36. The van der Waals surface area contributed by atoms with Gasteiger partial charge < -0.3 is 24.7 Å². The average Bonchev–Trinajstić information content (AvgIpc) is 3.29. The summed E-state index contributed by atoms with van der Waals surface area (Å²) in [6.45, 7) is 3.78. The number of aromatic nitrogens is 2. The molecule has 2 aromatic heterocycles. The number of nitrogens with one attached hydrogen (secondary N) is 2. The van der Waals surface area contributed by atoms with Gasteiger partial charge in [0, 0.05) is 42.9 Å². The van der Waals surface area contributed by atoms with E-state index in [0.29, 0.717) is 18.2 Å². The van der Waals surface area contributed by atoms with Crippen LogP contribution in [0.3, 0.4) is 0 Å². The van der Waals surface area contributed by atoms with Crippen LogP contribution in [0.1, 0.15) is 23.3 Å². The molecule has 1 unspecified atom stereocenters. The molecule has 0 bridgehead atoms. The van der Waals surface area contributed by atoms with E-state index in [1.54, 1.807) is 12.3 Å². The highest BCUT2D eigenvalue weighted by atomic mass is 16.6. The first-order chi connectivity index (χ1) is 14.8. The quantitative estimate of drug-likeness (QED) is 0.681. The van der Waals surface area contributed by atoms with E-state index < -0.39 is 0 Å². The fourth-order valence-electron chi connectivity index (χ4n) is 4.24. The predicted octanol–water partition coefficient (Wildman–Crippen LogP) is 2.84. The van der Waals surface area contributed by atoms with E-state index in [0.717, 1.165) is 61.4 Å². The van der Waals surface area contributed by atoms with E-state index in [2.05, 4.69) is 15.3 Å². The number of ether oxygens (including phenoxy) is 2. The first-order valence-electron chi connectivity index (χ1n) is 10.6. The normalized spacial score (nSPS) is 19.2. The number of nitrogens with zero attached hydrogens (tertiary/aromatic N) is 2. The van der Waals surface area contributed by atoms with E-state index >= 15 is 0 Å². The molecular weight excluding hydrogens is 380 g/mol. The molecule has 2 aliphatic rings. The first-order valence-corrected chi connectivity index (χ1v) is 10.6. The summed E-state index contributed by atoms with van der Waals surface area (Å²) in [6, 6.07) is 11.5. The Hall–Kier alpha value is -3.06. The lowest BCUT2D eigenvalue weighted by Gasteiger charge is -2.32. The molecule has 1 fully saturated rings. The van der Waals surface area contributed by atoms with Gasteiger partial charge in [0.05, 0.1) is 0 Å². The summed E-state index contributed by atoms with van der Waals surface area (Å²) in [6.07, 6.45) is 5.58. The summed E-state index contributed by atoms with van der Waals surface area (Å²) in [5.74, 6) is 2.23. The third-order valence-corrected chi connectivity index (χ3v) is 5.95. The lowest BCUT2D eigenvalue weighted by molar-refractivity contribution is 0.0677. The minimum Gasteiger partial charge on any atom is -0.486 e. The summed E-state index contributed by atoms with van der Waals surface area (Å²) >= 11 is 0. The minimum absolute atomic E-state index is 0.0104. The Morgan fingerprint density at radius 2 is 2.07 bits per heavy atom. The molecule has 5 rings (SSSR count). The second-order valence-electron chi connectivity index (χ2n) is 7.99. The Morgan fingerprint density at radius 1 is 1.17 bits per heavy atom. The van der Waals surface area contributed by atoms with Gasteiger partial charge in [0.15, 0.2) is 11.5 Å². The maximum absolute atomic E-state index is 12.5. The van der Waals surface area contributed by atoms with Crippen LogP contribution in [0.5, 0.6) is 11.5 Å². The van der Waals surface area contributed by atoms with Crippen molar-refractivity contribution in [3.05, 3.63) is 54.5 Å². The maximum Gasteiger partial charge on any atom is 0.272 e. The van der Waals surface area contributed by atoms with Crippen molar-refractivity contribution in [3.63, 3.8) is 0 Å². The Kier molecular flexibility index (Phi) is 5.27. The van der Waals surface area contributed by atoms with E-state index in [1.165, 1.54) is 0 Å². The zero-order valence-corrected chi connectivity index (χ0v) is 16.8. The summed E-state index contributed by atoms with van der Waals surface area (Å²) in [5, 5.41) is 4.60. The van der Waals surface area contributed by atoms with Gasteiger partial charge in [0.2, 0.25) is 0 Å². The molecule has 2 N–H and O–H groups in total. The average molecular weight is 406 g/mol. The third-order valence-electron chi connectivity index (χ3n) is 5.95. The lowest BCUT2D eigenvalue weighted by atomic mass is 9.96. The van der Waals surface area contributed by atoms with Gasteiger partial charge in [0.1, 0.15) is 18.4 Å². The van der Waals surface area contributed by atoms with Crippen LogP contribution in [0.15, 0.2) is 48.8 Å². The highest BCUT2D eigenvalue weighted by molar-refractivity contribution is 5.92. The van der Waals surface area contributed by atoms with Crippen LogP contribution in [0.2, 0.25) is 0 Å². The Balaban J connectivity index is 1.08. The van der Waals surface area contributed by atoms with Crippen molar-refractivity contribution in [1.82, 2.24) is 20.2 Å². The number of piperidine rings is 1. The molecule has 1 aromatic carbocycles. The maximum atomic E-state index is 12.5. The predicted molar refractivity (Wildman–Crippen MR) is 114 cm³/mol. The first kappa shape index (κ1) is 18.9. The molecule has 1 amide bonds. The fraction of sp³-hybridized carbons (Fsp3) is 0.391. The Labute approximate surface area is 175 Å². The van der Waals surface area contributed by atoms with Gasteiger partial charge in [-0.15, -0.1) is 0 Å². The Morgan fingerprint density at radius 3 is 2.90 bits per heavy atom. The highest BCUT2D eigenvalue weighted by Crippen LogP contribution is 2.38. The summed E-state index contributed by atoms with van der Waals surface area (Å²) < 4.78 is 12.1. The molecule has 0 aliphatic carbocycles. The molecule has 0 radical (unpaired) electrons. The van der Waals surface area contributed by atoms with Crippen LogP contribution in [-0.4, -0.2) is 59.7 Å². The third kappa shape index (κ3) is 3.85. The number of aromatic amines is 1. The number of carbonyl (C=O) groups excluding carboxylic acids is 1. The van der Waals surface area contributed by atoms with Crippen molar-refractivity contribution in [2.24, 2.45) is 5.92 Å². The minimum atomic E-state index is -0.0104. The van der Waals surface area contributed by atoms with E-state index in [1.807, 2.05) is 41.4 Å². The van der Waals surface area contributed by atoms with Gasteiger partial charge in [-0.2, -0.15) is 0 Å². The van der Waals surface area contributed by atoms with Crippen molar-refractivity contribution in [3.8, 4) is 11.5 Å². The Bertz CT molecular complexity index is 1010. The van der Waals surface area contributed by atoms with Crippen LogP contribution in [0, 0.1) is 5.92 Å². The standard InChI is InChI=1S/C23H26N4O3/c28-23(20-3-1-2-9-25-20)27-11-7-16(8-12-27)13-24-14-17-15-29-21-5-4-19-18(6-10-26-19)22(21)30-17/h1-6,9-10,16-17,24,26H,7-8,11-15H2. The largest absolute Gasteiger partial charge is 0.486 e. The molecule has 0 saturated carbocycles. The van der Waals surface area contributed by atoms with Crippen molar-refractivity contribution < 1.29 is 14.3 Å². The van der Waals surface area contributed by atoms with E-state index in [9.17, 15) is 4.79 Å². The number of hydrogen-bond acceptors (Lipinski definition) is 5. The lowest BCUT2D eigenvalue weighted by Crippen LogP contribution is -2.43. The SMILES string of the molecule is O=C(c1ccccn1)N1CCC(CNCC2COc3ccc4[nH]ccc4c3O2)CC1. The van der Waals surface area contributed by atoms with Gasteiger partial charge in [-0.3, -0.25) is 9.78 Å². The number of likely N-dealkylation sites (tertiary alicyclic amines) is 1. The molecule has 2 aliphatic heterocycles. The molecule has 3 aromatic rings. The van der Waals surface area contributed by atoms with Gasteiger partial charge in [0.25, 0.3) is 5.91 Å². The van der Waals surface area contributed by atoms with Crippen molar-refractivity contribution in [2.75, 3.05) is 32.8 Å². The van der Waals surface area contributed by atoms with Crippen LogP contribution in [-0.2, 0) is 0 Å². The van der Waals surface area contributed by atoms with Gasteiger partial charge >= 0.3 is 0 Å². The molecule has 4 heterocycles. The number of rotatable bonds is 5. The number of carbonyl (C=O) groups is 1. The molecule has 0 spiro atoms. The van der Waals surface area contributed by atoms with Crippen LogP contribution in [0.4, 0.5) is 0 Å². The van der Waals surface area contributed by atoms with Crippen molar-refractivity contribution >= 4 is 16.8 Å². The second-order valence-corrected chi connectivity index (χ2v) is 7.99. The van der Waals surface area contributed by atoms with Gasteiger partial charge in [-0.1, -0.05) is 6.07 Å². The molecule has 156 valence electrons. The van der Waals surface area contributed by atoms with Crippen LogP contribution >= 0.6 is 0 Å². The monoisotopic (exact) mass is 406 g/mol. The summed E-state index contributed by atoms with van der Waals surface area (Å²) in [4.78, 5) is 21.8. The van der Waals surface area contributed by atoms with Gasteiger partial charge in [-0.05, 0) is 55.6 Å². The number of pyridine rings is 1. The highest BCUT2D eigenvalue weighted by Gasteiger charge is 2.26. The van der Waals surface area contributed by atoms with Crippen molar-refractivity contribution in [2.45, 2.75) is 18.9 Å². The molecular formula is C23H26N4O3. The molecule has 7 nitrogen and oxygen atoms in total. The smallest absolute Gasteiger partial charge is 0.272 e. The van der Waals surface area contributed by atoms with Gasteiger partial charge in [-0.25, -0.2) is 0 Å². The zero-order valence-electron chi connectivity index (χ0n) is 16.8. The zero-order chi connectivity index (χ0) is 20.3. The number of benzene rings is 1. The molecule has 7 heteroatoms. The molecule has 1 atom stereocenters. The number of hydrogen-bond donors (Lipinski definition) is 2. The fourth-order valence-corrected chi connectivity index (χ4v) is 4.24. The summed E-state index contributed by atoms with van der Waals surface area (Å²) in [7, 11) is 0. The summed E-state index contributed by atoms with van der Waals surface area (Å²) in [5.41, 5.74) is 1.58. The number of fused-ring (bicyclic) bond motifs is 3. The van der Waals surface area contributed by atoms with E-state index in [4.69, 9.17) is 9.47 Å². The topological polar surface area (TPSA) is 79.5 Å². The van der Waals surface area contributed by atoms with Crippen molar-refractivity contribution in [1.29, 1.82) is 0 Å². The number of H-pyrrole nitrogens is 1. The van der Waals surface area contributed by atoms with Crippen LogP contribution < -0.4 is 14.8 Å². The molecule has 30 heavy (non-hydrogen) atoms.